The van der Waals surface area contributed by atoms with E-state index in [0.717, 1.165) is 105 Å². The zero-order valence-electron chi connectivity index (χ0n) is 40.2. The summed E-state index contributed by atoms with van der Waals surface area (Å²) in [7, 11) is 4.42. The summed E-state index contributed by atoms with van der Waals surface area (Å²) in [4.78, 5) is 44.4. The van der Waals surface area contributed by atoms with Crippen LogP contribution in [0.1, 0.15) is 72.1 Å². The van der Waals surface area contributed by atoms with Crippen molar-refractivity contribution in [3.05, 3.63) is 84.1 Å². The maximum atomic E-state index is 12.0. The van der Waals surface area contributed by atoms with Crippen molar-refractivity contribution in [2.24, 2.45) is 17.3 Å². The van der Waals surface area contributed by atoms with Crippen LogP contribution < -0.4 is 15.1 Å². The van der Waals surface area contributed by atoms with Crippen molar-refractivity contribution in [3.8, 4) is 22.3 Å². The zero-order valence-corrected chi connectivity index (χ0v) is 41.9. The molecule has 4 aromatic heterocycles. The van der Waals surface area contributed by atoms with Gasteiger partial charge < -0.3 is 34.9 Å². The lowest BCUT2D eigenvalue weighted by atomic mass is 9.70. The molecule has 1 unspecified atom stereocenters. The molecule has 0 saturated carbocycles. The second-order valence-corrected chi connectivity index (χ2v) is 22.3. The van der Waals surface area contributed by atoms with Crippen molar-refractivity contribution in [1.82, 2.24) is 40.0 Å². The summed E-state index contributed by atoms with van der Waals surface area (Å²) in [6.45, 7) is 16.9. The third-order valence-electron chi connectivity index (χ3n) is 15.5. The van der Waals surface area contributed by atoms with Crippen molar-refractivity contribution in [2.75, 3.05) is 89.3 Å². The normalized spacial score (nSPS) is 21.2. The minimum absolute atomic E-state index is 0.0853. The van der Waals surface area contributed by atoms with Crippen LogP contribution in [0.2, 0.25) is 0 Å². The molecule has 4 aliphatic rings. The summed E-state index contributed by atoms with van der Waals surface area (Å²) < 4.78 is 0. The highest BCUT2D eigenvalue weighted by Gasteiger charge is 2.51. The molecule has 4 aliphatic heterocycles. The molecule has 1 amide bonds. The number of anilines is 2. The fourth-order valence-electron chi connectivity index (χ4n) is 11.5. The Morgan fingerprint density at radius 1 is 0.746 bits per heavy atom. The number of piperidine rings is 2. The van der Waals surface area contributed by atoms with E-state index in [1.165, 1.54) is 71.9 Å². The average Bonchev–Trinajstić information content (AvgIpc) is 4.18. The van der Waals surface area contributed by atoms with Gasteiger partial charge in [0.1, 0.15) is 34.0 Å². The Kier molecular flexibility index (Phi) is 14.7. The first-order chi connectivity index (χ1) is 32.5. The molecule has 2 aromatic carbocycles. The number of rotatable bonds is 12. The number of hydrogen-bond acceptors (Lipinski definition) is 12. The van der Waals surface area contributed by atoms with E-state index in [9.17, 15) is 9.90 Å². The van der Waals surface area contributed by atoms with Gasteiger partial charge in [-0.05, 0) is 113 Å². The molecular weight excluding hydrogens is 873 g/mol. The van der Waals surface area contributed by atoms with E-state index in [-0.39, 0.29) is 11.0 Å². The SMILES string of the molecule is CC(C)(C)C1(CCNCC2CCN(c3ncnc4scc(-c5ccccc5)c34)CC2)CCCN1C(=O)O.CN(C)[C@@H]1CCN(CC2CCN(c3ncnc4scc(-c5ccccc5)c34)CC2)C1. The Balaban J connectivity index is 0.000000171. The van der Waals surface area contributed by atoms with Crippen molar-refractivity contribution in [2.45, 2.75) is 83.7 Å². The number of carboxylic acid groups (broad SMARTS) is 1. The number of carbonyl (C=O) groups is 1. The molecule has 6 aromatic rings. The number of nitrogens with zero attached hydrogens (tertiary/aromatic N) is 9. The van der Waals surface area contributed by atoms with Gasteiger partial charge in [-0.15, -0.1) is 22.7 Å². The monoisotopic (exact) mass is 943 g/mol. The predicted molar refractivity (Wildman–Crippen MR) is 278 cm³/mol. The number of likely N-dealkylation sites (tertiary alicyclic amines) is 2. The van der Waals surface area contributed by atoms with Crippen LogP contribution in [0.4, 0.5) is 16.4 Å². The van der Waals surface area contributed by atoms with Crippen LogP contribution in [0.5, 0.6) is 0 Å². The molecule has 12 nitrogen and oxygen atoms in total. The van der Waals surface area contributed by atoms with Gasteiger partial charge in [0.15, 0.2) is 0 Å². The van der Waals surface area contributed by atoms with Crippen molar-refractivity contribution in [1.29, 1.82) is 0 Å². The van der Waals surface area contributed by atoms with Crippen LogP contribution in [0.25, 0.3) is 42.7 Å². The molecule has 2 N–H and O–H groups in total. The van der Waals surface area contributed by atoms with E-state index in [0.29, 0.717) is 12.5 Å². The number of benzene rings is 2. The third kappa shape index (κ3) is 10.3. The zero-order chi connectivity index (χ0) is 46.5. The molecule has 2 atom stereocenters. The maximum absolute atomic E-state index is 12.0. The first-order valence-corrected chi connectivity index (χ1v) is 26.4. The minimum Gasteiger partial charge on any atom is -0.465 e. The van der Waals surface area contributed by atoms with Crippen LogP contribution in [0, 0.1) is 17.3 Å². The molecule has 0 radical (unpaired) electrons. The first-order valence-electron chi connectivity index (χ1n) is 24.6. The highest BCUT2D eigenvalue weighted by atomic mass is 32.1. The Labute approximate surface area is 405 Å². The number of fused-ring (bicyclic) bond motifs is 2. The summed E-state index contributed by atoms with van der Waals surface area (Å²) in [6.07, 6.45) is 11.5. The highest BCUT2D eigenvalue weighted by molar-refractivity contribution is 7.17. The second-order valence-electron chi connectivity index (χ2n) is 20.6. The van der Waals surface area contributed by atoms with Crippen molar-refractivity contribution in [3.63, 3.8) is 0 Å². The molecule has 0 spiro atoms. The number of amides is 1. The van der Waals surface area contributed by atoms with Crippen LogP contribution in [-0.4, -0.2) is 137 Å². The molecule has 14 heteroatoms. The van der Waals surface area contributed by atoms with Crippen LogP contribution in [0.3, 0.4) is 0 Å². The summed E-state index contributed by atoms with van der Waals surface area (Å²) in [6, 6.07) is 21.9. The van der Waals surface area contributed by atoms with Crippen LogP contribution >= 0.6 is 22.7 Å². The van der Waals surface area contributed by atoms with Gasteiger partial charge in [0.25, 0.3) is 0 Å². The fraction of sp³-hybridized carbons (Fsp3) is 0.528. The van der Waals surface area contributed by atoms with E-state index < -0.39 is 6.09 Å². The largest absolute Gasteiger partial charge is 0.465 e. The number of aromatic nitrogens is 4. The highest BCUT2D eigenvalue weighted by Crippen LogP contribution is 2.46. The Morgan fingerprint density at radius 2 is 1.28 bits per heavy atom. The molecular formula is C53H70N10O2S2. The van der Waals surface area contributed by atoms with Gasteiger partial charge in [0, 0.05) is 73.7 Å². The third-order valence-corrected chi connectivity index (χ3v) is 17.2. The van der Waals surface area contributed by atoms with Crippen LogP contribution in [0.15, 0.2) is 84.1 Å². The Morgan fingerprint density at radius 3 is 1.78 bits per heavy atom. The van der Waals surface area contributed by atoms with Gasteiger partial charge in [-0.1, -0.05) is 81.4 Å². The van der Waals surface area contributed by atoms with E-state index in [2.05, 4.69) is 135 Å². The van der Waals surface area contributed by atoms with E-state index >= 15 is 0 Å². The lowest BCUT2D eigenvalue weighted by molar-refractivity contribution is 0.0243. The Bertz CT molecular complexity index is 2550. The Hall–Kier alpha value is -4.73. The minimum atomic E-state index is -0.778. The molecule has 8 heterocycles. The van der Waals surface area contributed by atoms with E-state index in [4.69, 9.17) is 9.97 Å². The summed E-state index contributed by atoms with van der Waals surface area (Å²) >= 11 is 3.41. The van der Waals surface area contributed by atoms with Gasteiger partial charge in [-0.3, -0.25) is 0 Å². The standard InChI is InChI=1S/C29H39N5O2S.C24H31N5S/c1-28(2,3)29(12-7-15-34(29)27(35)36)13-14-30-18-21-10-16-33(17-11-21)25-24-23(22-8-5-4-6-9-22)19-37-26(24)32-20-31-25;1-27(2)20-10-11-28(15-20)14-18-8-12-29(13-9-18)23-22-21(19-6-4-3-5-7-19)16-30-24(22)26-17-25-23/h4-6,8-9,19-21,30H,7,10-18H2,1-3H3,(H,35,36);3-7,16-18,20H,8-15H2,1-2H3/t;20-/m.1/s1. The number of likely N-dealkylation sites (N-methyl/N-ethyl adjacent to an activating group) is 1. The smallest absolute Gasteiger partial charge is 0.407 e. The van der Waals surface area contributed by atoms with Crippen molar-refractivity contribution < 1.29 is 9.90 Å². The molecule has 67 heavy (non-hydrogen) atoms. The van der Waals surface area contributed by atoms with Crippen molar-refractivity contribution >= 4 is 60.8 Å². The molecule has 356 valence electrons. The van der Waals surface area contributed by atoms with Gasteiger partial charge in [0.2, 0.25) is 0 Å². The fourth-order valence-corrected chi connectivity index (χ4v) is 13.3. The molecule has 0 aliphatic carbocycles. The lowest BCUT2D eigenvalue weighted by Crippen LogP contribution is -2.56. The number of hydrogen-bond donors (Lipinski definition) is 2. The lowest BCUT2D eigenvalue weighted by Gasteiger charge is -2.47. The topological polar surface area (TPSA) is 117 Å². The second kappa shape index (κ2) is 20.9. The predicted octanol–water partition coefficient (Wildman–Crippen LogP) is 10.3. The van der Waals surface area contributed by atoms with Gasteiger partial charge in [0.05, 0.1) is 16.3 Å². The molecule has 4 fully saturated rings. The summed E-state index contributed by atoms with van der Waals surface area (Å²) in [5.41, 5.74) is 4.57. The number of thiophene rings is 2. The van der Waals surface area contributed by atoms with E-state index in [1.807, 2.05) is 6.07 Å². The molecule has 10 rings (SSSR count). The van der Waals surface area contributed by atoms with Gasteiger partial charge >= 0.3 is 6.09 Å². The average molecular weight is 943 g/mol. The molecule has 0 bridgehead atoms. The molecule has 4 saturated heterocycles. The quantitative estimate of drug-likeness (QED) is 0.114. The van der Waals surface area contributed by atoms with Gasteiger partial charge in [-0.25, -0.2) is 24.7 Å². The first kappa shape index (κ1) is 47.3. The van der Waals surface area contributed by atoms with Crippen LogP contribution in [-0.2, 0) is 0 Å². The summed E-state index contributed by atoms with van der Waals surface area (Å²) in [5.74, 6) is 3.59. The van der Waals surface area contributed by atoms with Gasteiger partial charge in [-0.2, -0.15) is 0 Å². The summed E-state index contributed by atoms with van der Waals surface area (Å²) in [5, 5.41) is 20.3. The maximum Gasteiger partial charge on any atom is 0.407 e. The van der Waals surface area contributed by atoms with E-state index in [1.54, 1.807) is 40.2 Å². The number of nitrogens with one attached hydrogen (secondary N) is 1.